The number of nitrogens with one attached hydrogen (secondary N) is 1. The number of halogens is 2. The lowest BCUT2D eigenvalue weighted by atomic mass is 9.95. The van der Waals surface area contributed by atoms with Crippen LogP contribution in [0.15, 0.2) is 41.8 Å². The third kappa shape index (κ3) is 6.83. The van der Waals surface area contributed by atoms with Crippen LogP contribution >= 0.6 is 11.3 Å². The Morgan fingerprint density at radius 2 is 1.89 bits per heavy atom. The Labute approximate surface area is 258 Å². The molecule has 2 aliphatic rings. The van der Waals surface area contributed by atoms with Crippen LogP contribution in [0.4, 0.5) is 13.6 Å². The van der Waals surface area contributed by atoms with Crippen molar-refractivity contribution in [2.45, 2.75) is 25.5 Å². The number of likely N-dealkylation sites (N-methyl/N-ethyl adjacent to an activating group) is 2. The lowest BCUT2D eigenvalue weighted by Crippen LogP contribution is -2.32. The van der Waals surface area contributed by atoms with Crippen molar-refractivity contribution in [3.8, 4) is 28.3 Å². The van der Waals surface area contributed by atoms with Crippen molar-refractivity contribution >= 4 is 27.5 Å². The van der Waals surface area contributed by atoms with E-state index in [1.54, 1.807) is 6.07 Å². The number of rotatable bonds is 10. The Morgan fingerprint density at radius 3 is 2.73 bits per heavy atom. The molecular weight excluding hydrogens is 588 g/mol. The molecule has 12 heteroatoms. The third-order valence-corrected chi connectivity index (χ3v) is 8.91. The van der Waals surface area contributed by atoms with Crippen LogP contribution < -0.4 is 10.1 Å². The SMILES string of the molecule is CN1CCc2cc(-c3nnc(-c4ccc(F)cc4OCCOCCNC(=O)OC4CCN(C)C4)c4scc(F)c34)ccc2C1. The number of hydrogen-bond acceptors (Lipinski definition) is 9. The first-order valence-electron chi connectivity index (χ1n) is 14.7. The average Bonchev–Trinajstić information content (AvgIpc) is 3.61. The summed E-state index contributed by atoms with van der Waals surface area (Å²) in [7, 11) is 4.09. The lowest BCUT2D eigenvalue weighted by Gasteiger charge is -2.25. The Hall–Kier alpha value is -3.71. The van der Waals surface area contributed by atoms with E-state index in [1.807, 2.05) is 13.1 Å². The van der Waals surface area contributed by atoms with E-state index in [0.29, 0.717) is 27.0 Å². The number of carbonyl (C=O) groups is 1. The normalized spacial score (nSPS) is 17.1. The number of hydrogen-bond donors (Lipinski definition) is 1. The van der Waals surface area contributed by atoms with Crippen LogP contribution in [-0.4, -0.2) is 92.3 Å². The number of benzene rings is 2. The fourth-order valence-corrected chi connectivity index (χ4v) is 6.59. The summed E-state index contributed by atoms with van der Waals surface area (Å²) in [4.78, 5) is 16.3. The Balaban J connectivity index is 1.11. The van der Waals surface area contributed by atoms with E-state index in [2.05, 4.69) is 44.5 Å². The minimum atomic E-state index is -0.473. The quantitative estimate of drug-likeness (QED) is 0.244. The van der Waals surface area contributed by atoms with Crippen molar-refractivity contribution in [3.63, 3.8) is 0 Å². The summed E-state index contributed by atoms with van der Waals surface area (Å²) in [5.74, 6) is -0.592. The van der Waals surface area contributed by atoms with Crippen LogP contribution in [0.25, 0.3) is 32.6 Å². The van der Waals surface area contributed by atoms with Crippen molar-refractivity contribution in [1.82, 2.24) is 25.3 Å². The molecule has 0 spiro atoms. The summed E-state index contributed by atoms with van der Waals surface area (Å²) in [6, 6.07) is 10.3. The fourth-order valence-electron chi connectivity index (χ4n) is 5.68. The predicted octanol–water partition coefficient (Wildman–Crippen LogP) is 5.12. The van der Waals surface area contributed by atoms with Crippen LogP contribution in [0.5, 0.6) is 5.75 Å². The maximum absolute atomic E-state index is 15.3. The molecule has 232 valence electrons. The molecular formula is C32H35F2N5O4S. The zero-order valence-electron chi connectivity index (χ0n) is 24.8. The van der Waals surface area contributed by atoms with Gasteiger partial charge in [-0.1, -0.05) is 12.1 Å². The second-order valence-electron chi connectivity index (χ2n) is 11.3. The number of ether oxygens (including phenoxy) is 3. The summed E-state index contributed by atoms with van der Waals surface area (Å²) >= 11 is 1.23. The van der Waals surface area contributed by atoms with Gasteiger partial charge in [-0.2, -0.15) is 0 Å². The van der Waals surface area contributed by atoms with Crippen molar-refractivity contribution in [2.24, 2.45) is 0 Å². The molecule has 44 heavy (non-hydrogen) atoms. The number of carbonyl (C=O) groups excluding carboxylic acids is 1. The molecule has 1 atom stereocenters. The molecule has 6 rings (SSSR count). The number of amides is 1. The first-order chi connectivity index (χ1) is 21.4. The first kappa shape index (κ1) is 30.3. The van der Waals surface area contributed by atoms with Crippen LogP contribution in [0.2, 0.25) is 0 Å². The number of likely N-dealkylation sites (tertiary alicyclic amines) is 1. The van der Waals surface area contributed by atoms with Gasteiger partial charge in [0.05, 0.1) is 23.3 Å². The van der Waals surface area contributed by atoms with E-state index in [0.717, 1.165) is 44.6 Å². The summed E-state index contributed by atoms with van der Waals surface area (Å²) in [6.45, 7) is 4.39. The molecule has 0 radical (unpaired) electrons. The Kier molecular flexibility index (Phi) is 9.31. The topological polar surface area (TPSA) is 89.1 Å². The van der Waals surface area contributed by atoms with Gasteiger partial charge in [0.1, 0.15) is 41.5 Å². The van der Waals surface area contributed by atoms with Gasteiger partial charge in [0, 0.05) is 55.3 Å². The highest BCUT2D eigenvalue weighted by molar-refractivity contribution is 7.17. The largest absolute Gasteiger partial charge is 0.490 e. The molecule has 1 amide bonds. The molecule has 9 nitrogen and oxygen atoms in total. The number of aromatic nitrogens is 2. The highest BCUT2D eigenvalue weighted by Crippen LogP contribution is 2.41. The van der Waals surface area contributed by atoms with Crippen LogP contribution in [-0.2, 0) is 22.4 Å². The standard InChI is InChI=1S/C32H35F2N5O4S/c1-38-10-7-20-15-21(3-4-22(20)17-38)29-28-26(34)19-44-31(28)30(37-36-29)25-6-5-23(33)16-27(25)42-14-13-41-12-9-35-32(40)43-24-8-11-39(2)18-24/h3-6,15-16,19,24H,7-14,17-18H2,1-2H3,(H,35,40). The Bertz CT molecular complexity index is 1650. The summed E-state index contributed by atoms with van der Waals surface area (Å²) in [5.41, 5.74) is 4.72. The highest BCUT2D eigenvalue weighted by atomic mass is 32.1. The second-order valence-corrected chi connectivity index (χ2v) is 12.1. The van der Waals surface area contributed by atoms with Gasteiger partial charge in [-0.25, -0.2) is 13.6 Å². The zero-order chi connectivity index (χ0) is 30.6. The number of nitrogens with zero attached hydrogens (tertiary/aromatic N) is 4. The summed E-state index contributed by atoms with van der Waals surface area (Å²) in [5, 5.41) is 13.5. The Morgan fingerprint density at radius 1 is 1.02 bits per heavy atom. The minimum Gasteiger partial charge on any atom is -0.490 e. The lowest BCUT2D eigenvalue weighted by molar-refractivity contribution is 0.0865. The second kappa shape index (κ2) is 13.5. The molecule has 4 aromatic rings. The molecule has 0 bridgehead atoms. The van der Waals surface area contributed by atoms with Gasteiger partial charge in [-0.05, 0) is 56.3 Å². The van der Waals surface area contributed by atoms with E-state index in [9.17, 15) is 9.18 Å². The van der Waals surface area contributed by atoms with Crippen LogP contribution in [0.3, 0.4) is 0 Å². The maximum Gasteiger partial charge on any atom is 0.407 e. The molecule has 4 heterocycles. The van der Waals surface area contributed by atoms with Crippen LogP contribution in [0, 0.1) is 11.6 Å². The molecule has 1 fully saturated rings. The van der Waals surface area contributed by atoms with Crippen molar-refractivity contribution in [3.05, 3.63) is 64.5 Å². The maximum atomic E-state index is 15.3. The number of fused-ring (bicyclic) bond motifs is 2. The minimum absolute atomic E-state index is 0.0892. The monoisotopic (exact) mass is 623 g/mol. The van der Waals surface area contributed by atoms with Gasteiger partial charge in [-0.3, -0.25) is 0 Å². The van der Waals surface area contributed by atoms with E-state index < -0.39 is 11.9 Å². The van der Waals surface area contributed by atoms with Crippen molar-refractivity contribution < 1.29 is 27.8 Å². The molecule has 1 saturated heterocycles. The van der Waals surface area contributed by atoms with Gasteiger partial charge in [0.15, 0.2) is 0 Å². The summed E-state index contributed by atoms with van der Waals surface area (Å²) in [6.07, 6.45) is 1.20. The molecule has 0 saturated carbocycles. The molecule has 0 aliphatic carbocycles. The van der Waals surface area contributed by atoms with Gasteiger partial charge < -0.3 is 29.3 Å². The molecule has 2 aromatic heterocycles. The van der Waals surface area contributed by atoms with Crippen molar-refractivity contribution in [1.29, 1.82) is 0 Å². The molecule has 1 N–H and O–H groups in total. The van der Waals surface area contributed by atoms with Gasteiger partial charge >= 0.3 is 6.09 Å². The smallest absolute Gasteiger partial charge is 0.407 e. The average molecular weight is 624 g/mol. The molecule has 2 aromatic carbocycles. The van der Waals surface area contributed by atoms with E-state index in [1.165, 1.54) is 40.0 Å². The fraction of sp³-hybridized carbons (Fsp3) is 0.406. The molecule has 2 aliphatic heterocycles. The van der Waals surface area contributed by atoms with Gasteiger partial charge in [0.25, 0.3) is 0 Å². The van der Waals surface area contributed by atoms with E-state index in [-0.39, 0.29) is 44.0 Å². The summed E-state index contributed by atoms with van der Waals surface area (Å²) < 4.78 is 47.0. The van der Waals surface area contributed by atoms with Gasteiger partial charge in [0.2, 0.25) is 0 Å². The highest BCUT2D eigenvalue weighted by Gasteiger charge is 2.24. The number of thiophene rings is 1. The van der Waals surface area contributed by atoms with Crippen molar-refractivity contribution in [2.75, 3.05) is 60.1 Å². The molecule has 1 unspecified atom stereocenters. The third-order valence-electron chi connectivity index (χ3n) is 7.95. The van der Waals surface area contributed by atoms with E-state index >= 15 is 4.39 Å². The zero-order valence-corrected chi connectivity index (χ0v) is 25.6. The predicted molar refractivity (Wildman–Crippen MR) is 165 cm³/mol. The first-order valence-corrected chi connectivity index (χ1v) is 15.6. The van der Waals surface area contributed by atoms with E-state index in [4.69, 9.17) is 14.2 Å². The van der Waals surface area contributed by atoms with Gasteiger partial charge in [-0.15, -0.1) is 21.5 Å². The number of alkyl carbamates (subject to hydrolysis) is 1. The van der Waals surface area contributed by atoms with Crippen LogP contribution in [0.1, 0.15) is 17.5 Å².